The van der Waals surface area contributed by atoms with Gasteiger partial charge in [-0.05, 0) is 48.9 Å². The molecule has 5 nitrogen and oxygen atoms in total. The number of aryl methyl sites for hydroxylation is 1. The quantitative estimate of drug-likeness (QED) is 0.567. The van der Waals surface area contributed by atoms with Gasteiger partial charge in [0.25, 0.3) is 15.9 Å². The van der Waals surface area contributed by atoms with Crippen molar-refractivity contribution in [2.45, 2.75) is 11.8 Å². The molecule has 0 saturated heterocycles. The van der Waals surface area contributed by atoms with Crippen LogP contribution in [0.1, 0.15) is 15.9 Å². The molecule has 0 saturated carbocycles. The van der Waals surface area contributed by atoms with Crippen LogP contribution >= 0.6 is 23.2 Å². The summed E-state index contributed by atoms with van der Waals surface area (Å²) in [5.74, 6) is -0.440. The standard InChI is InChI=1S/C20H16Cl2N2O3S/c1-13-10-11-14(20(25)23-17-9-5-8-16(21)19(17)22)12-18(13)24-28(26,27)15-6-3-2-4-7-15/h2-12,24H,1H3,(H,23,25). The van der Waals surface area contributed by atoms with E-state index in [0.717, 1.165) is 0 Å². The number of rotatable bonds is 5. The molecule has 3 aromatic rings. The van der Waals surface area contributed by atoms with Crippen LogP contribution in [0.5, 0.6) is 0 Å². The van der Waals surface area contributed by atoms with Crippen molar-refractivity contribution in [1.82, 2.24) is 0 Å². The van der Waals surface area contributed by atoms with E-state index in [-0.39, 0.29) is 15.5 Å². The van der Waals surface area contributed by atoms with Crippen molar-refractivity contribution in [2.75, 3.05) is 10.0 Å². The predicted molar refractivity (Wildman–Crippen MR) is 113 cm³/mol. The third-order valence-electron chi connectivity index (χ3n) is 4.00. The number of sulfonamides is 1. The number of amides is 1. The van der Waals surface area contributed by atoms with Gasteiger partial charge in [0.05, 0.1) is 26.3 Å². The Morgan fingerprint density at radius 1 is 0.893 bits per heavy atom. The zero-order chi connectivity index (χ0) is 20.3. The summed E-state index contributed by atoms with van der Waals surface area (Å²) in [5.41, 5.74) is 1.63. The second-order valence-corrected chi connectivity index (χ2v) is 8.47. The summed E-state index contributed by atoms with van der Waals surface area (Å²) in [7, 11) is -3.77. The van der Waals surface area contributed by atoms with E-state index in [1.54, 1.807) is 55.5 Å². The molecule has 0 aliphatic heterocycles. The molecule has 3 rings (SSSR count). The SMILES string of the molecule is Cc1ccc(C(=O)Nc2cccc(Cl)c2Cl)cc1NS(=O)(=O)c1ccccc1. The fourth-order valence-electron chi connectivity index (χ4n) is 2.47. The maximum absolute atomic E-state index is 12.6. The summed E-state index contributed by atoms with van der Waals surface area (Å²) >= 11 is 12.1. The zero-order valence-corrected chi connectivity index (χ0v) is 17.1. The van der Waals surface area contributed by atoms with Crippen LogP contribution in [-0.4, -0.2) is 14.3 Å². The lowest BCUT2D eigenvalue weighted by atomic mass is 10.1. The predicted octanol–water partition coefficient (Wildman–Crippen LogP) is 5.35. The number of carbonyl (C=O) groups excluding carboxylic acids is 1. The van der Waals surface area contributed by atoms with Gasteiger partial charge in [-0.3, -0.25) is 9.52 Å². The van der Waals surface area contributed by atoms with Crippen LogP contribution in [0.3, 0.4) is 0 Å². The minimum absolute atomic E-state index is 0.134. The van der Waals surface area contributed by atoms with Crippen molar-refractivity contribution in [1.29, 1.82) is 0 Å². The van der Waals surface area contributed by atoms with Gasteiger partial charge in [0, 0.05) is 5.56 Å². The van der Waals surface area contributed by atoms with Gasteiger partial charge >= 0.3 is 0 Å². The molecule has 0 heterocycles. The fourth-order valence-corrected chi connectivity index (χ4v) is 3.96. The van der Waals surface area contributed by atoms with Crippen LogP contribution in [0.4, 0.5) is 11.4 Å². The van der Waals surface area contributed by atoms with E-state index in [9.17, 15) is 13.2 Å². The van der Waals surface area contributed by atoms with Crippen LogP contribution in [0.2, 0.25) is 10.0 Å². The first kappa shape index (κ1) is 20.2. The van der Waals surface area contributed by atoms with Crippen molar-refractivity contribution in [3.05, 3.63) is 87.9 Å². The van der Waals surface area contributed by atoms with E-state index in [2.05, 4.69) is 10.0 Å². The van der Waals surface area contributed by atoms with Crippen LogP contribution in [0.25, 0.3) is 0 Å². The van der Waals surface area contributed by atoms with Gasteiger partial charge in [-0.1, -0.05) is 53.5 Å². The van der Waals surface area contributed by atoms with Gasteiger partial charge in [-0.15, -0.1) is 0 Å². The average molecular weight is 435 g/mol. The van der Waals surface area contributed by atoms with E-state index in [1.165, 1.54) is 18.2 Å². The van der Waals surface area contributed by atoms with E-state index in [0.29, 0.717) is 22.0 Å². The van der Waals surface area contributed by atoms with Crippen molar-refractivity contribution in [3.8, 4) is 0 Å². The molecule has 0 unspecified atom stereocenters. The topological polar surface area (TPSA) is 75.3 Å². The Balaban J connectivity index is 1.87. The van der Waals surface area contributed by atoms with Gasteiger partial charge in [0.1, 0.15) is 0 Å². The molecule has 0 bridgehead atoms. The summed E-state index contributed by atoms with van der Waals surface area (Å²) in [6.45, 7) is 1.75. The zero-order valence-electron chi connectivity index (χ0n) is 14.7. The van der Waals surface area contributed by atoms with E-state index < -0.39 is 15.9 Å². The summed E-state index contributed by atoms with van der Waals surface area (Å²) in [5, 5.41) is 3.23. The smallest absolute Gasteiger partial charge is 0.261 e. The average Bonchev–Trinajstić information content (AvgIpc) is 2.67. The summed E-state index contributed by atoms with van der Waals surface area (Å²) in [6, 6.07) is 17.6. The van der Waals surface area contributed by atoms with Gasteiger partial charge in [0.15, 0.2) is 0 Å². The summed E-state index contributed by atoms with van der Waals surface area (Å²) in [4.78, 5) is 12.7. The van der Waals surface area contributed by atoms with Gasteiger partial charge < -0.3 is 5.32 Å². The largest absolute Gasteiger partial charge is 0.321 e. The third kappa shape index (κ3) is 4.47. The normalized spacial score (nSPS) is 11.1. The van der Waals surface area contributed by atoms with Gasteiger partial charge in [-0.25, -0.2) is 8.42 Å². The van der Waals surface area contributed by atoms with E-state index in [4.69, 9.17) is 23.2 Å². The van der Waals surface area contributed by atoms with E-state index in [1.807, 2.05) is 0 Å². The van der Waals surface area contributed by atoms with Crippen LogP contribution in [0.15, 0.2) is 71.6 Å². The highest BCUT2D eigenvalue weighted by atomic mass is 35.5. The maximum Gasteiger partial charge on any atom is 0.261 e. The second-order valence-electron chi connectivity index (χ2n) is 6.00. The van der Waals surface area contributed by atoms with Crippen LogP contribution in [0, 0.1) is 6.92 Å². The van der Waals surface area contributed by atoms with Gasteiger partial charge in [0.2, 0.25) is 0 Å². The minimum Gasteiger partial charge on any atom is -0.321 e. The lowest BCUT2D eigenvalue weighted by Crippen LogP contribution is -2.16. The number of nitrogens with one attached hydrogen (secondary N) is 2. The number of anilines is 2. The molecule has 0 aliphatic carbocycles. The lowest BCUT2D eigenvalue weighted by Gasteiger charge is -2.13. The molecule has 0 spiro atoms. The second kappa shape index (κ2) is 8.22. The molecule has 0 atom stereocenters. The molecule has 1 amide bonds. The minimum atomic E-state index is -3.77. The third-order valence-corrected chi connectivity index (χ3v) is 6.20. The molecule has 8 heteroatoms. The molecular weight excluding hydrogens is 419 g/mol. The maximum atomic E-state index is 12.6. The Morgan fingerprint density at radius 2 is 1.61 bits per heavy atom. The molecule has 0 aliphatic rings. The monoisotopic (exact) mass is 434 g/mol. The molecule has 2 N–H and O–H groups in total. The van der Waals surface area contributed by atoms with Crippen molar-refractivity contribution in [2.24, 2.45) is 0 Å². The highest BCUT2D eigenvalue weighted by Crippen LogP contribution is 2.30. The van der Waals surface area contributed by atoms with Crippen molar-refractivity contribution >= 4 is 50.5 Å². The number of carbonyl (C=O) groups is 1. The lowest BCUT2D eigenvalue weighted by molar-refractivity contribution is 0.102. The Kier molecular flexibility index (Phi) is 5.93. The highest BCUT2D eigenvalue weighted by Gasteiger charge is 2.17. The van der Waals surface area contributed by atoms with Crippen LogP contribution in [-0.2, 0) is 10.0 Å². The first-order valence-corrected chi connectivity index (χ1v) is 10.5. The van der Waals surface area contributed by atoms with Crippen molar-refractivity contribution in [3.63, 3.8) is 0 Å². The Bertz CT molecular complexity index is 1130. The van der Waals surface area contributed by atoms with Crippen LogP contribution < -0.4 is 10.0 Å². The molecular formula is C20H16Cl2N2O3S. The molecule has 28 heavy (non-hydrogen) atoms. The number of halogens is 2. The molecule has 0 radical (unpaired) electrons. The Morgan fingerprint density at radius 3 is 2.32 bits per heavy atom. The summed E-state index contributed by atoms with van der Waals surface area (Å²) < 4.78 is 27.7. The molecule has 0 aromatic heterocycles. The molecule has 0 fully saturated rings. The first-order chi connectivity index (χ1) is 13.3. The molecule has 144 valence electrons. The van der Waals surface area contributed by atoms with Gasteiger partial charge in [-0.2, -0.15) is 0 Å². The number of hydrogen-bond acceptors (Lipinski definition) is 3. The number of benzene rings is 3. The Labute approximate surface area is 173 Å². The molecule has 3 aromatic carbocycles. The fraction of sp³-hybridized carbons (Fsp3) is 0.0500. The highest BCUT2D eigenvalue weighted by molar-refractivity contribution is 7.92. The first-order valence-electron chi connectivity index (χ1n) is 8.22. The Hall–Kier alpha value is -2.54. The number of hydrogen-bond donors (Lipinski definition) is 2. The van der Waals surface area contributed by atoms with Crippen molar-refractivity contribution < 1.29 is 13.2 Å². The van der Waals surface area contributed by atoms with E-state index >= 15 is 0 Å². The summed E-state index contributed by atoms with van der Waals surface area (Å²) in [6.07, 6.45) is 0.